The van der Waals surface area contributed by atoms with E-state index in [2.05, 4.69) is 20.3 Å². The number of carboxylic acids is 1. The summed E-state index contributed by atoms with van der Waals surface area (Å²) in [7, 11) is 0. The number of carbonyl (C=O) groups is 1. The molecule has 0 unspecified atom stereocenters. The Labute approximate surface area is 123 Å². The molecule has 0 atom stereocenters. The smallest absolute Gasteiger partial charge is 0.363 e. The van der Waals surface area contributed by atoms with E-state index in [4.69, 9.17) is 5.11 Å². The quantitative estimate of drug-likeness (QED) is 0.527. The number of aromatic nitrogens is 7. The van der Waals surface area contributed by atoms with Gasteiger partial charge < -0.3 is 5.11 Å². The van der Waals surface area contributed by atoms with Gasteiger partial charge in [0.05, 0.1) is 6.20 Å². The average Bonchev–Trinajstić information content (AvgIpc) is 3.11. The molecule has 4 rings (SSSR count). The molecule has 0 aliphatic heterocycles. The summed E-state index contributed by atoms with van der Waals surface area (Å²) < 4.78 is 4.84. The van der Waals surface area contributed by atoms with Gasteiger partial charge in [-0.25, -0.2) is 14.3 Å². The van der Waals surface area contributed by atoms with E-state index < -0.39 is 5.97 Å². The van der Waals surface area contributed by atoms with Gasteiger partial charge in [-0.15, -0.1) is 10.2 Å². The Morgan fingerprint density at radius 2 is 2.14 bits per heavy atom. The largest absolute Gasteiger partial charge is 0.478 e. The Morgan fingerprint density at radius 3 is 3.00 bits per heavy atom. The summed E-state index contributed by atoms with van der Waals surface area (Å²) in [4.78, 5) is 15.0. The molecule has 108 valence electrons. The summed E-state index contributed by atoms with van der Waals surface area (Å²) in [6.45, 7) is -0.145. The minimum atomic E-state index is -0.919. The Hall–Kier alpha value is -3.36. The van der Waals surface area contributed by atoms with Crippen LogP contribution < -0.4 is 4.57 Å². The maximum absolute atomic E-state index is 11.0. The van der Waals surface area contributed by atoms with Gasteiger partial charge in [0.15, 0.2) is 17.6 Å². The highest BCUT2D eigenvalue weighted by Crippen LogP contribution is 2.13. The van der Waals surface area contributed by atoms with Crippen molar-refractivity contribution < 1.29 is 14.5 Å². The highest BCUT2D eigenvalue weighted by Gasteiger charge is 2.21. The summed E-state index contributed by atoms with van der Waals surface area (Å²) in [5, 5.41) is 21.4. The predicted octanol–water partition coefficient (Wildman–Crippen LogP) is -0.165. The standard InChI is InChI=1S/C13H9N7O2/c21-11(22)7-18-8-19(10-4-2-1-3-9(10)18)13-16-15-12-14-5-6-20(12)17-13/h1-6,8H,7H2/p+1. The molecule has 22 heavy (non-hydrogen) atoms. The van der Waals surface area contributed by atoms with Crippen molar-refractivity contribution in [2.75, 3.05) is 0 Å². The van der Waals surface area contributed by atoms with Crippen molar-refractivity contribution in [3.8, 4) is 5.95 Å². The lowest BCUT2D eigenvalue weighted by Gasteiger charge is -1.94. The monoisotopic (exact) mass is 296 g/mol. The zero-order valence-electron chi connectivity index (χ0n) is 11.2. The van der Waals surface area contributed by atoms with Crippen molar-refractivity contribution in [1.29, 1.82) is 0 Å². The number of imidazole rings is 2. The molecular weight excluding hydrogens is 286 g/mol. The number of hydrogen-bond donors (Lipinski definition) is 1. The van der Waals surface area contributed by atoms with E-state index in [9.17, 15) is 4.79 Å². The summed E-state index contributed by atoms with van der Waals surface area (Å²) >= 11 is 0. The zero-order chi connectivity index (χ0) is 15.1. The molecule has 0 bridgehead atoms. The molecule has 4 aromatic rings. The molecular formula is C13H10N7O2+. The molecule has 1 N–H and O–H groups in total. The van der Waals surface area contributed by atoms with E-state index in [1.54, 1.807) is 27.9 Å². The van der Waals surface area contributed by atoms with Crippen LogP contribution in [0.15, 0.2) is 43.0 Å². The molecule has 0 saturated heterocycles. The molecule has 0 amide bonds. The number of rotatable bonds is 3. The predicted molar refractivity (Wildman–Crippen MR) is 73.2 cm³/mol. The van der Waals surface area contributed by atoms with Crippen LogP contribution in [-0.2, 0) is 11.3 Å². The topological polar surface area (TPSA) is 102 Å². The molecule has 1 aromatic carbocycles. The first-order chi connectivity index (χ1) is 10.7. The molecule has 0 spiro atoms. The van der Waals surface area contributed by atoms with Crippen LogP contribution in [-0.4, -0.2) is 40.4 Å². The third kappa shape index (κ3) is 1.87. The summed E-state index contributed by atoms with van der Waals surface area (Å²) in [6.07, 6.45) is 4.90. The Bertz CT molecular complexity index is 1000. The SMILES string of the molecule is O=C(O)C[n+]1cn(-c2nnc3nccn3n2)c2ccccc21. The van der Waals surface area contributed by atoms with Gasteiger partial charge in [0.2, 0.25) is 0 Å². The minimum Gasteiger partial charge on any atom is -0.478 e. The number of fused-ring (bicyclic) bond motifs is 2. The van der Waals surface area contributed by atoms with Gasteiger partial charge in [-0.2, -0.15) is 9.08 Å². The van der Waals surface area contributed by atoms with Crippen molar-refractivity contribution in [2.24, 2.45) is 0 Å². The van der Waals surface area contributed by atoms with Gasteiger partial charge in [-0.05, 0) is 12.1 Å². The van der Waals surface area contributed by atoms with Crippen molar-refractivity contribution in [3.05, 3.63) is 43.0 Å². The van der Waals surface area contributed by atoms with Crippen LogP contribution in [0.4, 0.5) is 0 Å². The molecule has 3 aromatic heterocycles. The third-order valence-corrected chi connectivity index (χ3v) is 3.26. The number of aliphatic carboxylic acids is 1. The summed E-state index contributed by atoms with van der Waals surface area (Å²) in [6, 6.07) is 7.43. The second-order valence-electron chi connectivity index (χ2n) is 4.67. The number of carboxylic acid groups (broad SMARTS) is 1. The second-order valence-corrected chi connectivity index (χ2v) is 4.67. The Kier molecular flexibility index (Phi) is 2.58. The van der Waals surface area contributed by atoms with Crippen LogP contribution in [0.25, 0.3) is 22.8 Å². The van der Waals surface area contributed by atoms with E-state index in [0.717, 1.165) is 11.0 Å². The van der Waals surface area contributed by atoms with Crippen LogP contribution in [0.3, 0.4) is 0 Å². The number of para-hydroxylation sites is 2. The number of benzene rings is 1. The summed E-state index contributed by atoms with van der Waals surface area (Å²) in [5.74, 6) is -0.179. The second kappa shape index (κ2) is 4.58. The van der Waals surface area contributed by atoms with Crippen LogP contribution in [0.1, 0.15) is 0 Å². The van der Waals surface area contributed by atoms with Crippen LogP contribution >= 0.6 is 0 Å². The van der Waals surface area contributed by atoms with Gasteiger partial charge in [-0.1, -0.05) is 17.2 Å². The fourth-order valence-electron chi connectivity index (χ4n) is 2.35. The lowest BCUT2D eigenvalue weighted by atomic mass is 10.3. The maximum atomic E-state index is 11.0. The molecule has 0 saturated carbocycles. The van der Waals surface area contributed by atoms with Gasteiger partial charge >= 0.3 is 11.9 Å². The van der Waals surface area contributed by atoms with Gasteiger partial charge in [0.1, 0.15) is 0 Å². The molecule has 3 heterocycles. The molecule has 0 radical (unpaired) electrons. The van der Waals surface area contributed by atoms with E-state index in [1.165, 1.54) is 4.52 Å². The molecule has 9 nitrogen and oxygen atoms in total. The number of hydrogen-bond acceptors (Lipinski definition) is 5. The molecule has 0 aliphatic rings. The van der Waals surface area contributed by atoms with E-state index in [0.29, 0.717) is 11.7 Å². The van der Waals surface area contributed by atoms with E-state index in [-0.39, 0.29) is 6.54 Å². The summed E-state index contributed by atoms with van der Waals surface area (Å²) in [5.41, 5.74) is 1.57. The zero-order valence-corrected chi connectivity index (χ0v) is 11.2. The van der Waals surface area contributed by atoms with Crippen LogP contribution in [0.2, 0.25) is 0 Å². The first-order valence-corrected chi connectivity index (χ1v) is 6.48. The normalized spacial score (nSPS) is 11.3. The first-order valence-electron chi connectivity index (χ1n) is 6.48. The van der Waals surface area contributed by atoms with E-state index >= 15 is 0 Å². The lowest BCUT2D eigenvalue weighted by Crippen LogP contribution is -2.36. The molecule has 9 heteroatoms. The Balaban J connectivity index is 1.95. The van der Waals surface area contributed by atoms with Crippen molar-refractivity contribution >= 4 is 22.8 Å². The van der Waals surface area contributed by atoms with Crippen molar-refractivity contribution in [1.82, 2.24) is 29.4 Å². The highest BCUT2D eigenvalue weighted by atomic mass is 16.4. The first kappa shape index (κ1) is 12.4. The average molecular weight is 296 g/mol. The van der Waals surface area contributed by atoms with Gasteiger partial charge in [-0.3, -0.25) is 0 Å². The molecule has 0 fully saturated rings. The Morgan fingerprint density at radius 1 is 1.27 bits per heavy atom. The number of nitrogens with zero attached hydrogens (tertiary/aromatic N) is 7. The highest BCUT2D eigenvalue weighted by molar-refractivity contribution is 5.74. The van der Waals surface area contributed by atoms with E-state index in [1.807, 2.05) is 24.3 Å². The van der Waals surface area contributed by atoms with Crippen molar-refractivity contribution in [3.63, 3.8) is 0 Å². The van der Waals surface area contributed by atoms with Crippen LogP contribution in [0.5, 0.6) is 0 Å². The lowest BCUT2D eigenvalue weighted by molar-refractivity contribution is -0.660. The van der Waals surface area contributed by atoms with Crippen LogP contribution in [0, 0.1) is 0 Å². The van der Waals surface area contributed by atoms with Gasteiger partial charge in [0, 0.05) is 6.20 Å². The fourth-order valence-corrected chi connectivity index (χ4v) is 2.35. The third-order valence-electron chi connectivity index (χ3n) is 3.26. The molecule has 0 aliphatic carbocycles. The van der Waals surface area contributed by atoms with Gasteiger partial charge in [0.25, 0.3) is 12.1 Å². The fraction of sp³-hybridized carbons (Fsp3) is 0.0769. The minimum absolute atomic E-state index is 0.145. The van der Waals surface area contributed by atoms with Crippen molar-refractivity contribution in [2.45, 2.75) is 6.54 Å². The maximum Gasteiger partial charge on any atom is 0.363 e.